The van der Waals surface area contributed by atoms with Gasteiger partial charge in [0.1, 0.15) is 5.75 Å². The number of nitrogens with one attached hydrogen (secondary N) is 1. The summed E-state index contributed by atoms with van der Waals surface area (Å²) in [6, 6.07) is 7.98. The first kappa shape index (κ1) is 18.8. The minimum absolute atomic E-state index is 0.0464. The quantitative estimate of drug-likeness (QED) is 0.734. The molecule has 1 unspecified atom stereocenters. The SMILES string of the molecule is CC(Oc1ccc(C(C)C)cc1)C(=O)NCCCC1CCOCC1. The number of benzene rings is 1. The summed E-state index contributed by atoms with van der Waals surface area (Å²) in [7, 11) is 0. The van der Waals surface area contributed by atoms with Crippen LogP contribution in [0.15, 0.2) is 24.3 Å². The molecule has 1 amide bonds. The van der Waals surface area contributed by atoms with E-state index >= 15 is 0 Å². The van der Waals surface area contributed by atoms with Gasteiger partial charge in [0.25, 0.3) is 5.91 Å². The predicted molar refractivity (Wildman–Crippen MR) is 96.4 cm³/mol. The Morgan fingerprint density at radius 2 is 1.88 bits per heavy atom. The molecule has 0 aromatic heterocycles. The lowest BCUT2D eigenvalue weighted by atomic mass is 9.95. The van der Waals surface area contributed by atoms with Crippen molar-refractivity contribution in [3.8, 4) is 5.75 Å². The first-order chi connectivity index (χ1) is 11.6. The van der Waals surface area contributed by atoms with Gasteiger partial charge in [-0.15, -0.1) is 0 Å². The minimum atomic E-state index is -0.474. The fourth-order valence-corrected chi connectivity index (χ4v) is 2.97. The first-order valence-electron chi connectivity index (χ1n) is 9.18. The summed E-state index contributed by atoms with van der Waals surface area (Å²) in [5.41, 5.74) is 1.27. The van der Waals surface area contributed by atoms with Crippen molar-refractivity contribution in [3.05, 3.63) is 29.8 Å². The molecule has 0 radical (unpaired) electrons. The molecule has 1 aromatic carbocycles. The molecule has 0 saturated carbocycles. The molecule has 0 spiro atoms. The van der Waals surface area contributed by atoms with Crippen molar-refractivity contribution in [2.24, 2.45) is 5.92 Å². The van der Waals surface area contributed by atoms with Crippen molar-refractivity contribution in [3.63, 3.8) is 0 Å². The second-order valence-corrected chi connectivity index (χ2v) is 6.97. The molecule has 1 atom stereocenters. The van der Waals surface area contributed by atoms with Crippen LogP contribution >= 0.6 is 0 Å². The first-order valence-corrected chi connectivity index (χ1v) is 9.18. The third-order valence-corrected chi connectivity index (χ3v) is 4.66. The molecule has 4 heteroatoms. The minimum Gasteiger partial charge on any atom is -0.481 e. The maximum absolute atomic E-state index is 12.1. The Morgan fingerprint density at radius 1 is 1.21 bits per heavy atom. The lowest BCUT2D eigenvalue weighted by molar-refractivity contribution is -0.127. The number of hydrogen-bond donors (Lipinski definition) is 1. The molecule has 1 heterocycles. The largest absolute Gasteiger partial charge is 0.481 e. The maximum atomic E-state index is 12.1. The Labute approximate surface area is 145 Å². The van der Waals surface area contributed by atoms with E-state index in [4.69, 9.17) is 9.47 Å². The molecule has 2 rings (SSSR count). The molecule has 24 heavy (non-hydrogen) atoms. The van der Waals surface area contributed by atoms with Crippen molar-refractivity contribution in [1.29, 1.82) is 0 Å². The van der Waals surface area contributed by atoms with Crippen LogP contribution in [-0.2, 0) is 9.53 Å². The molecule has 0 aliphatic carbocycles. The standard InChI is InChI=1S/C20H31NO3/c1-15(2)18-6-8-19(9-7-18)24-16(3)20(22)21-12-4-5-17-10-13-23-14-11-17/h6-9,15-17H,4-5,10-14H2,1-3H3,(H,21,22). The topological polar surface area (TPSA) is 47.6 Å². The lowest BCUT2D eigenvalue weighted by Crippen LogP contribution is -2.37. The van der Waals surface area contributed by atoms with Gasteiger partial charge >= 0.3 is 0 Å². The summed E-state index contributed by atoms with van der Waals surface area (Å²) >= 11 is 0. The van der Waals surface area contributed by atoms with Crippen molar-refractivity contribution in [2.75, 3.05) is 19.8 Å². The molecule has 1 saturated heterocycles. The Morgan fingerprint density at radius 3 is 2.50 bits per heavy atom. The summed E-state index contributed by atoms with van der Waals surface area (Å²) in [6.07, 6.45) is 4.01. The van der Waals surface area contributed by atoms with Crippen molar-refractivity contribution in [2.45, 2.75) is 58.5 Å². The second kappa shape index (κ2) is 9.67. The van der Waals surface area contributed by atoms with Crippen molar-refractivity contribution >= 4 is 5.91 Å². The zero-order valence-electron chi connectivity index (χ0n) is 15.2. The monoisotopic (exact) mass is 333 g/mol. The van der Waals surface area contributed by atoms with Crippen LogP contribution in [0.4, 0.5) is 0 Å². The molecule has 0 bridgehead atoms. The highest BCUT2D eigenvalue weighted by Gasteiger charge is 2.16. The van der Waals surface area contributed by atoms with Gasteiger partial charge in [0.15, 0.2) is 6.10 Å². The van der Waals surface area contributed by atoms with Crippen LogP contribution < -0.4 is 10.1 Å². The number of amides is 1. The summed E-state index contributed by atoms with van der Waals surface area (Å²) in [5, 5.41) is 2.98. The van der Waals surface area contributed by atoms with E-state index in [1.165, 1.54) is 5.56 Å². The number of ether oxygens (including phenoxy) is 2. The predicted octanol–water partition coefficient (Wildman–Crippen LogP) is 3.90. The maximum Gasteiger partial charge on any atom is 0.260 e. The van der Waals surface area contributed by atoms with Gasteiger partial charge in [-0.1, -0.05) is 26.0 Å². The van der Waals surface area contributed by atoms with E-state index in [1.807, 2.05) is 12.1 Å². The van der Waals surface area contributed by atoms with Gasteiger partial charge in [-0.2, -0.15) is 0 Å². The molecule has 1 N–H and O–H groups in total. The van der Waals surface area contributed by atoms with Crippen LogP contribution in [0.1, 0.15) is 57.9 Å². The zero-order chi connectivity index (χ0) is 17.4. The van der Waals surface area contributed by atoms with E-state index in [-0.39, 0.29) is 5.91 Å². The summed E-state index contributed by atoms with van der Waals surface area (Å²) in [4.78, 5) is 12.1. The number of carbonyl (C=O) groups is 1. The average molecular weight is 333 g/mol. The van der Waals surface area contributed by atoms with Crippen LogP contribution in [0, 0.1) is 5.92 Å². The molecule has 1 aliphatic heterocycles. The van der Waals surface area contributed by atoms with E-state index in [0.717, 1.165) is 57.1 Å². The third-order valence-electron chi connectivity index (χ3n) is 4.66. The van der Waals surface area contributed by atoms with Gasteiger partial charge in [-0.3, -0.25) is 4.79 Å². The molecule has 4 nitrogen and oxygen atoms in total. The molecule has 1 aromatic rings. The Kier molecular flexibility index (Phi) is 7.57. The highest BCUT2D eigenvalue weighted by Crippen LogP contribution is 2.20. The van der Waals surface area contributed by atoms with Crippen LogP contribution in [0.5, 0.6) is 5.75 Å². The third kappa shape index (κ3) is 6.16. The van der Waals surface area contributed by atoms with E-state index < -0.39 is 6.10 Å². The summed E-state index contributed by atoms with van der Waals surface area (Å²) in [6.45, 7) is 8.61. The Balaban J connectivity index is 1.65. The van der Waals surface area contributed by atoms with Gasteiger partial charge in [0.2, 0.25) is 0 Å². The normalized spacial score (nSPS) is 16.8. The van der Waals surface area contributed by atoms with E-state index in [2.05, 4.69) is 31.3 Å². The van der Waals surface area contributed by atoms with Crippen LogP contribution in [-0.4, -0.2) is 31.8 Å². The average Bonchev–Trinajstić information content (AvgIpc) is 2.60. The highest BCUT2D eigenvalue weighted by atomic mass is 16.5. The van der Waals surface area contributed by atoms with E-state index in [0.29, 0.717) is 5.92 Å². The van der Waals surface area contributed by atoms with Crippen molar-refractivity contribution < 1.29 is 14.3 Å². The van der Waals surface area contributed by atoms with Crippen LogP contribution in [0.2, 0.25) is 0 Å². The van der Waals surface area contributed by atoms with E-state index in [1.54, 1.807) is 6.92 Å². The van der Waals surface area contributed by atoms with Gasteiger partial charge in [0, 0.05) is 19.8 Å². The molecule has 1 fully saturated rings. The van der Waals surface area contributed by atoms with Gasteiger partial charge in [-0.05, 0) is 62.1 Å². The Bertz CT molecular complexity index is 492. The van der Waals surface area contributed by atoms with E-state index in [9.17, 15) is 4.79 Å². The second-order valence-electron chi connectivity index (χ2n) is 6.97. The fourth-order valence-electron chi connectivity index (χ4n) is 2.97. The number of rotatable bonds is 8. The summed E-state index contributed by atoms with van der Waals surface area (Å²) < 4.78 is 11.1. The van der Waals surface area contributed by atoms with Gasteiger partial charge < -0.3 is 14.8 Å². The molecule has 134 valence electrons. The Hall–Kier alpha value is -1.55. The summed E-state index contributed by atoms with van der Waals surface area (Å²) in [5.74, 6) is 1.94. The number of hydrogen-bond acceptors (Lipinski definition) is 3. The smallest absolute Gasteiger partial charge is 0.260 e. The fraction of sp³-hybridized carbons (Fsp3) is 0.650. The van der Waals surface area contributed by atoms with Crippen LogP contribution in [0.3, 0.4) is 0 Å². The molecule has 1 aliphatic rings. The van der Waals surface area contributed by atoms with Crippen molar-refractivity contribution in [1.82, 2.24) is 5.32 Å². The highest BCUT2D eigenvalue weighted by molar-refractivity contribution is 5.80. The zero-order valence-corrected chi connectivity index (χ0v) is 15.2. The molecular formula is C20H31NO3. The lowest BCUT2D eigenvalue weighted by Gasteiger charge is -2.22. The van der Waals surface area contributed by atoms with Gasteiger partial charge in [0.05, 0.1) is 0 Å². The molecular weight excluding hydrogens is 302 g/mol. The number of carbonyl (C=O) groups excluding carboxylic acids is 1. The van der Waals surface area contributed by atoms with Crippen LogP contribution in [0.25, 0.3) is 0 Å². The van der Waals surface area contributed by atoms with Gasteiger partial charge in [-0.25, -0.2) is 0 Å².